The first kappa shape index (κ1) is 24.6. The molecule has 9 heteroatoms. The number of carbonyl (C=O) groups excluding carboxylic acids is 3. The molecule has 1 aromatic heterocycles. The van der Waals surface area contributed by atoms with E-state index in [1.807, 2.05) is 30.3 Å². The van der Waals surface area contributed by atoms with E-state index in [1.165, 1.54) is 0 Å². The SMILES string of the molecule is CCc1nc(-c2ccc(OC(=O)Nc3ccccc3)cc2)nc(N2CCOCC2)c1C.O=C=O. The summed E-state index contributed by atoms with van der Waals surface area (Å²) in [5.74, 6) is 2.09. The molecule has 0 bridgehead atoms. The first-order chi connectivity index (χ1) is 16.5. The Labute approximate surface area is 197 Å². The Morgan fingerprint density at radius 2 is 1.71 bits per heavy atom. The first-order valence-corrected chi connectivity index (χ1v) is 10.9. The van der Waals surface area contributed by atoms with Gasteiger partial charge in [-0.2, -0.15) is 9.59 Å². The molecule has 0 unspecified atom stereocenters. The molecule has 1 fully saturated rings. The van der Waals surface area contributed by atoms with Crippen molar-refractivity contribution in [2.75, 3.05) is 36.5 Å². The summed E-state index contributed by atoms with van der Waals surface area (Å²) in [5, 5.41) is 2.70. The normalized spacial score (nSPS) is 12.7. The summed E-state index contributed by atoms with van der Waals surface area (Å²) in [6.07, 6.45) is 0.549. The van der Waals surface area contributed by atoms with E-state index in [4.69, 9.17) is 29.0 Å². The van der Waals surface area contributed by atoms with Gasteiger partial charge in [-0.05, 0) is 49.7 Å². The molecule has 1 N–H and O–H groups in total. The number of nitrogens with one attached hydrogen (secondary N) is 1. The molecule has 0 aliphatic carbocycles. The summed E-state index contributed by atoms with van der Waals surface area (Å²) in [6, 6.07) is 16.4. The van der Waals surface area contributed by atoms with E-state index in [2.05, 4.69) is 24.1 Å². The number of amides is 1. The molecule has 34 heavy (non-hydrogen) atoms. The second-order valence-electron chi connectivity index (χ2n) is 7.38. The van der Waals surface area contributed by atoms with Gasteiger partial charge in [-0.1, -0.05) is 25.1 Å². The van der Waals surface area contributed by atoms with E-state index >= 15 is 0 Å². The third-order valence-corrected chi connectivity index (χ3v) is 5.21. The van der Waals surface area contributed by atoms with Gasteiger partial charge in [0.2, 0.25) is 0 Å². The van der Waals surface area contributed by atoms with Crippen LogP contribution < -0.4 is 15.0 Å². The van der Waals surface area contributed by atoms with E-state index in [0.717, 1.165) is 42.1 Å². The Balaban J connectivity index is 0.00000103. The van der Waals surface area contributed by atoms with Gasteiger partial charge in [-0.3, -0.25) is 5.32 Å². The zero-order valence-electron chi connectivity index (χ0n) is 19.1. The molecular weight excluding hydrogens is 436 g/mol. The van der Waals surface area contributed by atoms with Crippen LogP contribution in [0.25, 0.3) is 11.4 Å². The number of carbonyl (C=O) groups is 1. The van der Waals surface area contributed by atoms with Crippen molar-refractivity contribution in [3.8, 4) is 17.1 Å². The summed E-state index contributed by atoms with van der Waals surface area (Å²) in [6.45, 7) is 7.24. The van der Waals surface area contributed by atoms with Crippen LogP contribution in [0.5, 0.6) is 5.75 Å². The Bertz CT molecular complexity index is 1120. The van der Waals surface area contributed by atoms with E-state index < -0.39 is 6.09 Å². The fourth-order valence-corrected chi connectivity index (χ4v) is 3.55. The molecule has 0 atom stereocenters. The highest BCUT2D eigenvalue weighted by molar-refractivity contribution is 5.86. The fraction of sp³-hybridized carbons (Fsp3) is 0.280. The van der Waals surface area contributed by atoms with Gasteiger partial charge in [-0.15, -0.1) is 0 Å². The highest BCUT2D eigenvalue weighted by Crippen LogP contribution is 2.27. The number of morpholine rings is 1. The van der Waals surface area contributed by atoms with Gasteiger partial charge in [0.1, 0.15) is 11.6 Å². The molecule has 1 saturated heterocycles. The van der Waals surface area contributed by atoms with Crippen molar-refractivity contribution in [2.24, 2.45) is 0 Å². The minimum atomic E-state index is -0.534. The summed E-state index contributed by atoms with van der Waals surface area (Å²) in [4.78, 5) is 40.2. The van der Waals surface area contributed by atoms with Gasteiger partial charge in [-0.25, -0.2) is 14.8 Å². The van der Waals surface area contributed by atoms with Crippen molar-refractivity contribution in [1.82, 2.24) is 9.97 Å². The van der Waals surface area contributed by atoms with Gasteiger partial charge >= 0.3 is 12.2 Å². The zero-order chi connectivity index (χ0) is 24.3. The monoisotopic (exact) mass is 462 g/mol. The topological polar surface area (TPSA) is 111 Å². The Morgan fingerprint density at radius 1 is 1.06 bits per heavy atom. The highest BCUT2D eigenvalue weighted by atomic mass is 16.6. The second-order valence-corrected chi connectivity index (χ2v) is 7.38. The minimum Gasteiger partial charge on any atom is -0.410 e. The standard InChI is InChI=1S/C24H26N4O3.CO2/c1-3-21-17(2)23(28-13-15-30-16-14-28)27-22(26-21)18-9-11-20(12-10-18)31-24(29)25-19-7-5-4-6-8-19;2-1-3/h4-12H,3,13-16H2,1-2H3,(H,25,29);. The van der Waals surface area contributed by atoms with Crippen LogP contribution in [-0.4, -0.2) is 48.5 Å². The molecule has 0 radical (unpaired) electrons. The molecule has 176 valence electrons. The Kier molecular flexibility index (Phi) is 8.85. The number of aryl methyl sites for hydroxylation is 1. The molecule has 2 aromatic carbocycles. The summed E-state index contributed by atoms with van der Waals surface area (Å²) >= 11 is 0. The van der Waals surface area contributed by atoms with Gasteiger partial charge < -0.3 is 14.4 Å². The van der Waals surface area contributed by atoms with Crippen LogP contribution in [0.15, 0.2) is 54.6 Å². The first-order valence-electron chi connectivity index (χ1n) is 10.9. The Hall–Kier alpha value is -4.07. The fourth-order valence-electron chi connectivity index (χ4n) is 3.55. The van der Waals surface area contributed by atoms with Crippen LogP contribution in [-0.2, 0) is 20.7 Å². The zero-order valence-corrected chi connectivity index (χ0v) is 19.1. The van der Waals surface area contributed by atoms with E-state index in [-0.39, 0.29) is 6.15 Å². The van der Waals surface area contributed by atoms with Gasteiger partial charge in [0.25, 0.3) is 0 Å². The Morgan fingerprint density at radius 3 is 2.32 bits per heavy atom. The number of nitrogens with zero attached hydrogens (tertiary/aromatic N) is 3. The van der Waals surface area contributed by atoms with Crippen molar-refractivity contribution in [2.45, 2.75) is 20.3 Å². The molecule has 2 heterocycles. The molecule has 9 nitrogen and oxygen atoms in total. The average Bonchev–Trinajstić information content (AvgIpc) is 2.86. The summed E-state index contributed by atoms with van der Waals surface area (Å²) in [5.41, 5.74) is 3.71. The summed E-state index contributed by atoms with van der Waals surface area (Å²) in [7, 11) is 0. The molecule has 0 saturated carbocycles. The lowest BCUT2D eigenvalue weighted by Gasteiger charge is -2.29. The van der Waals surface area contributed by atoms with Crippen LogP contribution in [0.2, 0.25) is 0 Å². The second kappa shape index (κ2) is 12.2. The van der Waals surface area contributed by atoms with Crippen molar-refractivity contribution in [1.29, 1.82) is 0 Å². The number of benzene rings is 2. The van der Waals surface area contributed by atoms with Crippen molar-refractivity contribution >= 4 is 23.7 Å². The maximum Gasteiger partial charge on any atom is 0.417 e. The van der Waals surface area contributed by atoms with E-state index in [9.17, 15) is 4.79 Å². The van der Waals surface area contributed by atoms with Crippen LogP contribution >= 0.6 is 0 Å². The van der Waals surface area contributed by atoms with Crippen LogP contribution in [0, 0.1) is 6.92 Å². The highest BCUT2D eigenvalue weighted by Gasteiger charge is 2.19. The number of hydrogen-bond acceptors (Lipinski definition) is 8. The maximum absolute atomic E-state index is 12.1. The number of hydrogen-bond donors (Lipinski definition) is 1. The predicted molar refractivity (Wildman–Crippen MR) is 126 cm³/mol. The molecule has 3 aromatic rings. The molecule has 1 aliphatic heterocycles. The van der Waals surface area contributed by atoms with Crippen molar-refractivity contribution in [3.63, 3.8) is 0 Å². The molecule has 1 amide bonds. The lowest BCUT2D eigenvalue weighted by atomic mass is 10.1. The molecular formula is C25H26N4O5. The number of aromatic nitrogens is 2. The van der Waals surface area contributed by atoms with Crippen LogP contribution in [0.4, 0.5) is 16.3 Å². The number of ether oxygens (including phenoxy) is 2. The third kappa shape index (κ3) is 6.48. The van der Waals surface area contributed by atoms with Gasteiger partial charge in [0, 0.05) is 35.6 Å². The molecule has 4 rings (SSSR count). The summed E-state index contributed by atoms with van der Waals surface area (Å²) < 4.78 is 10.9. The smallest absolute Gasteiger partial charge is 0.410 e. The van der Waals surface area contributed by atoms with E-state index in [1.54, 1.807) is 24.3 Å². The third-order valence-electron chi connectivity index (χ3n) is 5.21. The lowest BCUT2D eigenvalue weighted by Crippen LogP contribution is -2.37. The predicted octanol–water partition coefficient (Wildman–Crippen LogP) is 3.88. The van der Waals surface area contributed by atoms with Crippen molar-refractivity contribution in [3.05, 3.63) is 65.9 Å². The lowest BCUT2D eigenvalue weighted by molar-refractivity contribution is -0.191. The largest absolute Gasteiger partial charge is 0.417 e. The van der Waals surface area contributed by atoms with Crippen LogP contribution in [0.3, 0.4) is 0 Å². The average molecular weight is 463 g/mol. The van der Waals surface area contributed by atoms with E-state index in [0.29, 0.717) is 30.5 Å². The maximum atomic E-state index is 12.1. The quantitative estimate of drug-likeness (QED) is 0.608. The number of anilines is 2. The van der Waals surface area contributed by atoms with Crippen LogP contribution in [0.1, 0.15) is 18.2 Å². The van der Waals surface area contributed by atoms with Crippen molar-refractivity contribution < 1.29 is 23.9 Å². The van der Waals surface area contributed by atoms with Gasteiger partial charge in [0.15, 0.2) is 5.82 Å². The molecule has 0 spiro atoms. The van der Waals surface area contributed by atoms with Gasteiger partial charge in [0.05, 0.1) is 13.2 Å². The number of para-hydroxylation sites is 1. The number of rotatable bonds is 5. The molecule has 1 aliphatic rings. The minimum absolute atomic E-state index is 0.250.